The smallest absolute Gasteiger partial charge is 0.262 e. The monoisotopic (exact) mass is 454 g/mol. The van der Waals surface area contributed by atoms with Gasteiger partial charge < -0.3 is 20.1 Å². The number of para-hydroxylation sites is 1. The highest BCUT2D eigenvalue weighted by Gasteiger charge is 2.10. The SMILES string of the molecule is COc1cc(CNc2ccc(Br)cc2)ccc1OCC(=O)Nc1ccccc1C. The molecular weight excluding hydrogens is 432 g/mol. The molecule has 150 valence electrons. The van der Waals surface area contributed by atoms with Crippen molar-refractivity contribution in [2.45, 2.75) is 13.5 Å². The van der Waals surface area contributed by atoms with Gasteiger partial charge >= 0.3 is 0 Å². The number of rotatable bonds is 8. The zero-order chi connectivity index (χ0) is 20.6. The van der Waals surface area contributed by atoms with Crippen molar-refractivity contribution in [2.24, 2.45) is 0 Å². The van der Waals surface area contributed by atoms with Gasteiger partial charge in [0.15, 0.2) is 18.1 Å². The molecule has 3 rings (SSSR count). The lowest BCUT2D eigenvalue weighted by molar-refractivity contribution is -0.118. The van der Waals surface area contributed by atoms with E-state index in [0.717, 1.165) is 27.0 Å². The van der Waals surface area contributed by atoms with E-state index >= 15 is 0 Å². The molecule has 0 aliphatic carbocycles. The number of benzene rings is 3. The van der Waals surface area contributed by atoms with E-state index in [9.17, 15) is 4.79 Å². The van der Waals surface area contributed by atoms with Gasteiger partial charge in [-0.1, -0.05) is 40.2 Å². The molecule has 5 nitrogen and oxygen atoms in total. The number of carbonyl (C=O) groups excluding carboxylic acids is 1. The van der Waals surface area contributed by atoms with Crippen molar-refractivity contribution in [3.05, 3.63) is 82.3 Å². The van der Waals surface area contributed by atoms with E-state index in [1.807, 2.05) is 73.7 Å². The third-order valence-electron chi connectivity index (χ3n) is 4.35. The molecule has 0 heterocycles. The molecule has 6 heteroatoms. The Bertz CT molecular complexity index is 974. The van der Waals surface area contributed by atoms with Gasteiger partial charge in [-0.2, -0.15) is 0 Å². The molecule has 0 saturated heterocycles. The number of hydrogen-bond acceptors (Lipinski definition) is 4. The maximum atomic E-state index is 12.2. The number of carbonyl (C=O) groups is 1. The second kappa shape index (κ2) is 9.98. The zero-order valence-corrected chi connectivity index (χ0v) is 18.0. The first kappa shape index (κ1) is 20.7. The Balaban J connectivity index is 1.57. The van der Waals surface area contributed by atoms with Crippen LogP contribution in [0.2, 0.25) is 0 Å². The Morgan fingerprint density at radius 2 is 1.76 bits per heavy atom. The molecule has 0 bridgehead atoms. The Hall–Kier alpha value is -2.99. The van der Waals surface area contributed by atoms with Gasteiger partial charge in [0.1, 0.15) is 0 Å². The molecular formula is C23H23BrN2O3. The van der Waals surface area contributed by atoms with Crippen molar-refractivity contribution in [3.8, 4) is 11.5 Å². The second-order valence-corrected chi connectivity index (χ2v) is 7.41. The van der Waals surface area contributed by atoms with Crippen LogP contribution in [0.3, 0.4) is 0 Å². The molecule has 0 unspecified atom stereocenters. The largest absolute Gasteiger partial charge is 0.493 e. The maximum Gasteiger partial charge on any atom is 0.262 e. The Morgan fingerprint density at radius 1 is 1.00 bits per heavy atom. The number of nitrogens with one attached hydrogen (secondary N) is 2. The van der Waals surface area contributed by atoms with Gasteiger partial charge in [-0.15, -0.1) is 0 Å². The van der Waals surface area contributed by atoms with Crippen LogP contribution in [0, 0.1) is 6.92 Å². The number of hydrogen-bond donors (Lipinski definition) is 2. The summed E-state index contributed by atoms with van der Waals surface area (Å²) < 4.78 is 12.1. The van der Waals surface area contributed by atoms with Crippen molar-refractivity contribution in [3.63, 3.8) is 0 Å². The molecule has 1 amide bonds. The summed E-state index contributed by atoms with van der Waals surface area (Å²) in [5.41, 5.74) is 3.85. The first-order valence-corrected chi connectivity index (χ1v) is 9.99. The summed E-state index contributed by atoms with van der Waals surface area (Å²) >= 11 is 3.43. The Morgan fingerprint density at radius 3 is 2.48 bits per heavy atom. The fraction of sp³-hybridized carbons (Fsp3) is 0.174. The molecule has 2 N–H and O–H groups in total. The van der Waals surface area contributed by atoms with Gasteiger partial charge in [-0.05, 0) is 60.5 Å². The Labute approximate surface area is 179 Å². The van der Waals surface area contributed by atoms with Crippen molar-refractivity contribution in [2.75, 3.05) is 24.4 Å². The molecule has 0 aliphatic heterocycles. The first-order chi connectivity index (χ1) is 14.0. The molecule has 0 spiro atoms. The quantitative estimate of drug-likeness (QED) is 0.478. The maximum absolute atomic E-state index is 12.2. The minimum absolute atomic E-state index is 0.0960. The number of halogens is 1. The number of anilines is 2. The van der Waals surface area contributed by atoms with Crippen LogP contribution in [0.4, 0.5) is 11.4 Å². The summed E-state index contributed by atoms with van der Waals surface area (Å²) in [6.45, 7) is 2.49. The van der Waals surface area contributed by atoms with E-state index in [1.54, 1.807) is 7.11 Å². The molecule has 0 aliphatic rings. The summed E-state index contributed by atoms with van der Waals surface area (Å²) in [6, 6.07) is 21.3. The summed E-state index contributed by atoms with van der Waals surface area (Å²) in [5.74, 6) is 0.894. The molecule has 3 aromatic carbocycles. The summed E-state index contributed by atoms with van der Waals surface area (Å²) in [7, 11) is 1.58. The fourth-order valence-corrected chi connectivity index (χ4v) is 3.02. The molecule has 0 radical (unpaired) electrons. The van der Waals surface area contributed by atoms with E-state index in [4.69, 9.17) is 9.47 Å². The summed E-state index contributed by atoms with van der Waals surface area (Å²) in [5, 5.41) is 6.21. The van der Waals surface area contributed by atoms with Gasteiger partial charge in [-0.3, -0.25) is 4.79 Å². The lowest BCUT2D eigenvalue weighted by atomic mass is 10.2. The van der Waals surface area contributed by atoms with E-state index in [1.165, 1.54) is 0 Å². The molecule has 0 atom stereocenters. The van der Waals surface area contributed by atoms with E-state index in [-0.39, 0.29) is 12.5 Å². The molecule has 0 saturated carbocycles. The topological polar surface area (TPSA) is 59.6 Å². The second-order valence-electron chi connectivity index (χ2n) is 6.50. The van der Waals surface area contributed by atoms with Gasteiger partial charge in [0.2, 0.25) is 0 Å². The van der Waals surface area contributed by atoms with Crippen molar-refractivity contribution in [1.29, 1.82) is 0 Å². The van der Waals surface area contributed by atoms with Crippen molar-refractivity contribution in [1.82, 2.24) is 0 Å². The van der Waals surface area contributed by atoms with Gasteiger partial charge in [0.25, 0.3) is 5.91 Å². The van der Waals surface area contributed by atoms with Gasteiger partial charge in [-0.25, -0.2) is 0 Å². The normalized spacial score (nSPS) is 10.3. The molecule has 29 heavy (non-hydrogen) atoms. The fourth-order valence-electron chi connectivity index (χ4n) is 2.76. The highest BCUT2D eigenvalue weighted by Crippen LogP contribution is 2.28. The van der Waals surface area contributed by atoms with Crippen molar-refractivity contribution >= 4 is 33.2 Å². The lowest BCUT2D eigenvalue weighted by Crippen LogP contribution is -2.20. The zero-order valence-electron chi connectivity index (χ0n) is 16.4. The van der Waals surface area contributed by atoms with Crippen LogP contribution in [0.15, 0.2) is 71.2 Å². The predicted molar refractivity (Wildman–Crippen MR) is 120 cm³/mol. The summed E-state index contributed by atoms with van der Waals surface area (Å²) in [4.78, 5) is 12.2. The number of ether oxygens (including phenoxy) is 2. The summed E-state index contributed by atoms with van der Waals surface area (Å²) in [6.07, 6.45) is 0. The van der Waals surface area contributed by atoms with Crippen molar-refractivity contribution < 1.29 is 14.3 Å². The van der Waals surface area contributed by atoms with Crippen LogP contribution in [0.25, 0.3) is 0 Å². The third-order valence-corrected chi connectivity index (χ3v) is 4.88. The number of aryl methyl sites for hydroxylation is 1. The van der Waals surface area contributed by atoms with Crippen LogP contribution in [0.1, 0.15) is 11.1 Å². The predicted octanol–water partition coefficient (Wildman–Crippen LogP) is 5.40. The molecule has 3 aromatic rings. The van der Waals surface area contributed by atoms with Gasteiger partial charge in [0.05, 0.1) is 7.11 Å². The van der Waals surface area contributed by atoms with E-state index in [2.05, 4.69) is 26.6 Å². The number of amides is 1. The van der Waals surface area contributed by atoms with Crippen LogP contribution in [-0.4, -0.2) is 19.6 Å². The van der Waals surface area contributed by atoms with E-state index in [0.29, 0.717) is 18.0 Å². The molecule has 0 aromatic heterocycles. The standard InChI is InChI=1S/C23H23BrN2O3/c1-16-5-3-4-6-20(16)26-23(27)15-29-21-12-7-17(13-22(21)28-2)14-25-19-10-8-18(24)9-11-19/h3-13,25H,14-15H2,1-2H3,(H,26,27). The molecule has 0 fully saturated rings. The third kappa shape index (κ3) is 5.99. The van der Waals surface area contributed by atoms with Crippen LogP contribution < -0.4 is 20.1 Å². The highest BCUT2D eigenvalue weighted by molar-refractivity contribution is 9.10. The highest BCUT2D eigenvalue weighted by atomic mass is 79.9. The number of methoxy groups -OCH3 is 1. The minimum atomic E-state index is -0.220. The van der Waals surface area contributed by atoms with Gasteiger partial charge in [0, 0.05) is 22.4 Å². The first-order valence-electron chi connectivity index (χ1n) is 9.20. The average molecular weight is 455 g/mol. The average Bonchev–Trinajstić information content (AvgIpc) is 2.73. The Kier molecular flexibility index (Phi) is 7.14. The van der Waals surface area contributed by atoms with E-state index < -0.39 is 0 Å². The lowest BCUT2D eigenvalue weighted by Gasteiger charge is -2.13. The van der Waals surface area contributed by atoms with Crippen LogP contribution >= 0.6 is 15.9 Å². The minimum Gasteiger partial charge on any atom is -0.493 e. The van der Waals surface area contributed by atoms with Crippen LogP contribution in [0.5, 0.6) is 11.5 Å². The van der Waals surface area contributed by atoms with Crippen LogP contribution in [-0.2, 0) is 11.3 Å².